The van der Waals surface area contributed by atoms with Crippen molar-refractivity contribution in [2.24, 2.45) is 5.92 Å². The normalized spacial score (nSPS) is 19.5. The fourth-order valence-corrected chi connectivity index (χ4v) is 2.55. The van der Waals surface area contributed by atoms with Gasteiger partial charge in [0, 0.05) is 24.8 Å². The van der Waals surface area contributed by atoms with Crippen LogP contribution in [-0.2, 0) is 0 Å². The van der Waals surface area contributed by atoms with E-state index < -0.39 is 11.7 Å². The molecule has 0 aromatic heterocycles. The maximum atomic E-state index is 13.6. The number of likely N-dealkylation sites (tertiary alicyclic amines) is 1. The molecule has 0 saturated carbocycles. The molecule has 1 saturated heterocycles. The van der Waals surface area contributed by atoms with Crippen molar-refractivity contribution in [3.05, 3.63) is 29.6 Å². The zero-order valence-electron chi connectivity index (χ0n) is 12.0. The smallest absolute Gasteiger partial charge is 0.254 e. The van der Waals surface area contributed by atoms with Crippen LogP contribution < -0.4 is 11.1 Å². The van der Waals surface area contributed by atoms with Crippen LogP contribution in [0.3, 0.4) is 0 Å². The second kappa shape index (κ2) is 6.22. The molecule has 1 atom stereocenters. The Bertz CT molecular complexity index is 490. The van der Waals surface area contributed by atoms with Crippen LogP contribution in [0, 0.1) is 11.7 Å². The number of nitrogens with two attached hydrogens (primary N) is 1. The lowest BCUT2D eigenvalue weighted by atomic mass is 10.1. The zero-order valence-corrected chi connectivity index (χ0v) is 12.0. The molecule has 2 rings (SSSR count). The number of carbonyl (C=O) groups is 1. The van der Waals surface area contributed by atoms with Crippen molar-refractivity contribution in [3.8, 4) is 0 Å². The standard InChI is InChI=1S/C15H22FN3O/c1-10(2)19-6-5-11(9-19)8-18-15(20)13-7-12(17)3-4-14(13)16/h3-4,7,10-11H,5-6,8-9,17H2,1-2H3,(H,18,20). The maximum absolute atomic E-state index is 13.6. The Kier molecular flexibility index (Phi) is 4.60. The summed E-state index contributed by atoms with van der Waals surface area (Å²) in [4.78, 5) is 14.4. The predicted octanol–water partition coefficient (Wildman–Crippen LogP) is 1.87. The third-order valence-electron chi connectivity index (χ3n) is 3.83. The molecule has 20 heavy (non-hydrogen) atoms. The van der Waals surface area contributed by atoms with Gasteiger partial charge in [0.25, 0.3) is 5.91 Å². The number of anilines is 1. The Balaban J connectivity index is 1.88. The molecule has 5 heteroatoms. The molecular weight excluding hydrogens is 257 g/mol. The third kappa shape index (κ3) is 3.48. The average molecular weight is 279 g/mol. The van der Waals surface area contributed by atoms with Crippen LogP contribution in [0.25, 0.3) is 0 Å². The highest BCUT2D eigenvalue weighted by atomic mass is 19.1. The molecule has 0 radical (unpaired) electrons. The van der Waals surface area contributed by atoms with Crippen LogP contribution in [0.5, 0.6) is 0 Å². The topological polar surface area (TPSA) is 58.4 Å². The number of nitrogens with one attached hydrogen (secondary N) is 1. The molecule has 1 aliphatic rings. The largest absolute Gasteiger partial charge is 0.399 e. The van der Waals surface area contributed by atoms with E-state index in [1.165, 1.54) is 18.2 Å². The fraction of sp³-hybridized carbons (Fsp3) is 0.533. The maximum Gasteiger partial charge on any atom is 0.254 e. The summed E-state index contributed by atoms with van der Waals surface area (Å²) in [7, 11) is 0. The first kappa shape index (κ1) is 14.8. The van der Waals surface area contributed by atoms with Crippen molar-refractivity contribution >= 4 is 11.6 Å². The summed E-state index contributed by atoms with van der Waals surface area (Å²) in [5, 5.41) is 2.81. The fourth-order valence-electron chi connectivity index (χ4n) is 2.55. The van der Waals surface area contributed by atoms with Crippen LogP contribution in [0.1, 0.15) is 30.6 Å². The van der Waals surface area contributed by atoms with E-state index in [1.54, 1.807) is 0 Å². The van der Waals surface area contributed by atoms with Gasteiger partial charge >= 0.3 is 0 Å². The quantitative estimate of drug-likeness (QED) is 0.827. The number of hydrogen-bond donors (Lipinski definition) is 2. The summed E-state index contributed by atoms with van der Waals surface area (Å²) < 4.78 is 13.6. The minimum absolute atomic E-state index is 0.0173. The van der Waals surface area contributed by atoms with Gasteiger partial charge in [-0.05, 0) is 50.9 Å². The number of benzene rings is 1. The van der Waals surface area contributed by atoms with E-state index in [-0.39, 0.29) is 5.56 Å². The van der Waals surface area contributed by atoms with E-state index in [1.807, 2.05) is 0 Å². The van der Waals surface area contributed by atoms with Crippen molar-refractivity contribution in [2.75, 3.05) is 25.4 Å². The lowest BCUT2D eigenvalue weighted by molar-refractivity contribution is 0.0943. The number of amides is 1. The molecule has 110 valence electrons. The van der Waals surface area contributed by atoms with Gasteiger partial charge in [-0.2, -0.15) is 0 Å². The molecular formula is C15H22FN3O. The molecule has 1 aromatic carbocycles. The highest BCUT2D eigenvalue weighted by Gasteiger charge is 2.24. The summed E-state index contributed by atoms with van der Waals surface area (Å²) in [6, 6.07) is 4.57. The summed E-state index contributed by atoms with van der Waals surface area (Å²) >= 11 is 0. The number of rotatable bonds is 4. The third-order valence-corrected chi connectivity index (χ3v) is 3.83. The number of carbonyl (C=O) groups excluding carboxylic acids is 1. The molecule has 3 N–H and O–H groups in total. The van der Waals surface area contributed by atoms with E-state index in [4.69, 9.17) is 5.73 Å². The van der Waals surface area contributed by atoms with Gasteiger partial charge in [0.15, 0.2) is 0 Å². The van der Waals surface area contributed by atoms with Gasteiger partial charge in [-0.3, -0.25) is 4.79 Å². The molecule has 0 bridgehead atoms. The highest BCUT2D eigenvalue weighted by molar-refractivity contribution is 5.95. The van der Waals surface area contributed by atoms with Gasteiger partial charge in [0.05, 0.1) is 5.56 Å². The van der Waals surface area contributed by atoms with Gasteiger partial charge in [0.1, 0.15) is 5.82 Å². The summed E-state index contributed by atoms with van der Waals surface area (Å²) in [5.74, 6) is -0.491. The molecule has 1 unspecified atom stereocenters. The van der Waals surface area contributed by atoms with E-state index in [9.17, 15) is 9.18 Å². The Morgan fingerprint density at radius 1 is 1.55 bits per heavy atom. The van der Waals surface area contributed by atoms with E-state index in [0.29, 0.717) is 24.2 Å². The minimum Gasteiger partial charge on any atom is -0.399 e. The Morgan fingerprint density at radius 3 is 2.95 bits per heavy atom. The van der Waals surface area contributed by atoms with Crippen LogP contribution in [0.15, 0.2) is 18.2 Å². The molecule has 1 aromatic rings. The Hall–Kier alpha value is -1.62. The lowest BCUT2D eigenvalue weighted by Crippen LogP contribution is -2.33. The molecule has 1 fully saturated rings. The van der Waals surface area contributed by atoms with Crippen LogP contribution >= 0.6 is 0 Å². The number of hydrogen-bond acceptors (Lipinski definition) is 3. The average Bonchev–Trinajstić information content (AvgIpc) is 2.88. The number of halogens is 1. The van der Waals surface area contributed by atoms with Gasteiger partial charge in [-0.15, -0.1) is 0 Å². The summed E-state index contributed by atoms with van der Waals surface area (Å²) in [5.41, 5.74) is 5.99. The summed E-state index contributed by atoms with van der Waals surface area (Å²) in [6.45, 7) is 6.96. The van der Waals surface area contributed by atoms with Crippen LogP contribution in [-0.4, -0.2) is 36.5 Å². The first-order valence-electron chi connectivity index (χ1n) is 7.04. The first-order valence-corrected chi connectivity index (χ1v) is 7.04. The second-order valence-corrected chi connectivity index (χ2v) is 5.69. The lowest BCUT2D eigenvalue weighted by Gasteiger charge is -2.20. The predicted molar refractivity (Wildman–Crippen MR) is 78.0 cm³/mol. The number of nitrogen functional groups attached to an aromatic ring is 1. The molecule has 1 heterocycles. The van der Waals surface area contributed by atoms with Gasteiger partial charge in [-0.25, -0.2) is 4.39 Å². The minimum atomic E-state index is -0.535. The van der Waals surface area contributed by atoms with Crippen molar-refractivity contribution in [1.29, 1.82) is 0 Å². The monoisotopic (exact) mass is 279 g/mol. The molecule has 0 spiro atoms. The molecule has 1 amide bonds. The van der Waals surface area contributed by atoms with Crippen molar-refractivity contribution < 1.29 is 9.18 Å². The Morgan fingerprint density at radius 2 is 2.30 bits per heavy atom. The van der Waals surface area contributed by atoms with Gasteiger partial charge < -0.3 is 16.0 Å². The van der Waals surface area contributed by atoms with Gasteiger partial charge in [-0.1, -0.05) is 0 Å². The zero-order chi connectivity index (χ0) is 14.7. The van der Waals surface area contributed by atoms with E-state index in [2.05, 4.69) is 24.1 Å². The second-order valence-electron chi connectivity index (χ2n) is 5.69. The molecule has 0 aliphatic carbocycles. The summed E-state index contributed by atoms with van der Waals surface area (Å²) in [6.07, 6.45) is 1.07. The van der Waals surface area contributed by atoms with Crippen molar-refractivity contribution in [3.63, 3.8) is 0 Å². The van der Waals surface area contributed by atoms with Crippen molar-refractivity contribution in [2.45, 2.75) is 26.3 Å². The van der Waals surface area contributed by atoms with Crippen LogP contribution in [0.4, 0.5) is 10.1 Å². The van der Waals surface area contributed by atoms with E-state index >= 15 is 0 Å². The molecule has 4 nitrogen and oxygen atoms in total. The Labute approximate surface area is 119 Å². The number of nitrogens with zero attached hydrogens (tertiary/aromatic N) is 1. The highest BCUT2D eigenvalue weighted by Crippen LogP contribution is 2.18. The van der Waals surface area contributed by atoms with E-state index in [0.717, 1.165) is 19.5 Å². The van der Waals surface area contributed by atoms with Crippen molar-refractivity contribution in [1.82, 2.24) is 10.2 Å². The first-order chi connectivity index (χ1) is 9.47. The molecule has 1 aliphatic heterocycles. The van der Waals surface area contributed by atoms with Gasteiger partial charge in [0.2, 0.25) is 0 Å². The van der Waals surface area contributed by atoms with Crippen LogP contribution in [0.2, 0.25) is 0 Å². The SMILES string of the molecule is CC(C)N1CCC(CNC(=O)c2cc(N)ccc2F)C1.